The molecule has 4 heterocycles. The van der Waals surface area contributed by atoms with Gasteiger partial charge in [-0.15, -0.1) is 0 Å². The van der Waals surface area contributed by atoms with Crippen molar-refractivity contribution in [1.29, 1.82) is 0 Å². The number of nitrogens with zero attached hydrogens (tertiary/aromatic N) is 5. The standard InChI is InChI=1S/C27H29N7OS/c1-14-7-16(17-10-21-24(30-12-17)36-26(29)32-21)9-18-13-34(5-6-35-22(14)18)23-19-11-27(3,4)15(2)8-20(19)31-25(28)33-23/h7-10,12H,5-6,11,13H2,1-4H3,(H2,29,32)(H2,28,31,33). The van der Waals surface area contributed by atoms with E-state index in [1.807, 2.05) is 12.3 Å². The van der Waals surface area contributed by atoms with Gasteiger partial charge < -0.3 is 21.1 Å². The van der Waals surface area contributed by atoms with E-state index >= 15 is 0 Å². The van der Waals surface area contributed by atoms with Gasteiger partial charge in [-0.3, -0.25) is 0 Å². The third-order valence-electron chi connectivity index (χ3n) is 7.29. The van der Waals surface area contributed by atoms with Gasteiger partial charge in [-0.05, 0) is 61.1 Å². The molecule has 2 aliphatic rings. The van der Waals surface area contributed by atoms with E-state index in [2.05, 4.69) is 65.8 Å². The van der Waals surface area contributed by atoms with Gasteiger partial charge in [0.25, 0.3) is 0 Å². The third-order valence-corrected chi connectivity index (χ3v) is 8.10. The first-order valence-electron chi connectivity index (χ1n) is 12.1. The normalized spacial score (nSPS) is 16.7. The number of anilines is 3. The van der Waals surface area contributed by atoms with Crippen molar-refractivity contribution in [3.05, 3.63) is 52.4 Å². The molecule has 6 rings (SSSR count). The molecule has 0 amide bonds. The first-order chi connectivity index (χ1) is 17.2. The summed E-state index contributed by atoms with van der Waals surface area (Å²) in [6.07, 6.45) is 4.90. The van der Waals surface area contributed by atoms with Gasteiger partial charge in [-0.1, -0.05) is 30.8 Å². The Morgan fingerprint density at radius 1 is 1.06 bits per heavy atom. The number of pyridine rings is 1. The Kier molecular flexibility index (Phi) is 5.15. The van der Waals surface area contributed by atoms with Gasteiger partial charge in [0.05, 0.1) is 12.2 Å². The second-order valence-corrected chi connectivity index (χ2v) is 11.3. The van der Waals surface area contributed by atoms with E-state index in [0.29, 0.717) is 30.8 Å². The van der Waals surface area contributed by atoms with Crippen LogP contribution in [-0.2, 0) is 13.0 Å². The molecular formula is C27H29N7OS. The number of aryl methyl sites for hydroxylation is 1. The molecule has 1 aromatic carbocycles. The van der Waals surface area contributed by atoms with Gasteiger partial charge in [0.15, 0.2) is 5.13 Å². The molecule has 0 bridgehead atoms. The quantitative estimate of drug-likeness (QED) is 0.396. The highest BCUT2D eigenvalue weighted by molar-refractivity contribution is 7.21. The van der Waals surface area contributed by atoms with Gasteiger partial charge in [0.2, 0.25) is 5.95 Å². The Hall–Kier alpha value is -3.72. The molecule has 36 heavy (non-hydrogen) atoms. The van der Waals surface area contributed by atoms with Crippen LogP contribution in [0, 0.1) is 12.3 Å². The average molecular weight is 500 g/mol. The number of thiazole rings is 1. The van der Waals surface area contributed by atoms with Gasteiger partial charge in [0.1, 0.15) is 28.5 Å². The molecule has 0 saturated heterocycles. The molecule has 0 spiro atoms. The van der Waals surface area contributed by atoms with Gasteiger partial charge in [0, 0.05) is 29.4 Å². The van der Waals surface area contributed by atoms with Crippen LogP contribution in [-0.4, -0.2) is 33.1 Å². The van der Waals surface area contributed by atoms with E-state index in [1.54, 1.807) is 0 Å². The molecule has 0 saturated carbocycles. The van der Waals surface area contributed by atoms with Crippen molar-refractivity contribution in [3.63, 3.8) is 0 Å². The molecule has 0 fully saturated rings. The molecule has 184 valence electrons. The van der Waals surface area contributed by atoms with Crippen LogP contribution in [0.25, 0.3) is 27.6 Å². The Morgan fingerprint density at radius 2 is 1.89 bits per heavy atom. The zero-order chi connectivity index (χ0) is 25.2. The number of aromatic nitrogens is 4. The van der Waals surface area contributed by atoms with Crippen LogP contribution >= 0.6 is 11.3 Å². The van der Waals surface area contributed by atoms with Crippen molar-refractivity contribution in [2.24, 2.45) is 5.41 Å². The summed E-state index contributed by atoms with van der Waals surface area (Å²) >= 11 is 1.40. The average Bonchev–Trinajstić information content (AvgIpc) is 3.05. The SMILES string of the molecule is CC1=Cc2nc(N)nc(N3CCOc4c(C)cc(-c5cnc6sc(N)nc6c5)cc4C3)c2CC1(C)C. The maximum absolute atomic E-state index is 6.26. The monoisotopic (exact) mass is 499 g/mol. The highest BCUT2D eigenvalue weighted by Crippen LogP contribution is 2.42. The minimum atomic E-state index is 0.0377. The predicted molar refractivity (Wildman–Crippen MR) is 146 cm³/mol. The minimum Gasteiger partial charge on any atom is -0.491 e. The summed E-state index contributed by atoms with van der Waals surface area (Å²) < 4.78 is 6.26. The fraction of sp³-hybridized carbons (Fsp3) is 0.333. The van der Waals surface area contributed by atoms with E-state index in [1.165, 1.54) is 16.9 Å². The Labute approximate surface area is 214 Å². The van der Waals surface area contributed by atoms with E-state index in [0.717, 1.165) is 61.8 Å². The fourth-order valence-corrected chi connectivity index (χ4v) is 5.75. The Bertz CT molecular complexity index is 1560. The summed E-state index contributed by atoms with van der Waals surface area (Å²) in [4.78, 5) is 21.4. The van der Waals surface area contributed by atoms with Crippen molar-refractivity contribution in [1.82, 2.24) is 19.9 Å². The maximum Gasteiger partial charge on any atom is 0.222 e. The smallest absolute Gasteiger partial charge is 0.222 e. The van der Waals surface area contributed by atoms with Crippen molar-refractivity contribution < 1.29 is 4.74 Å². The van der Waals surface area contributed by atoms with Crippen LogP contribution in [0.2, 0.25) is 0 Å². The number of allylic oxidation sites excluding steroid dienone is 1. The molecule has 8 nitrogen and oxygen atoms in total. The molecule has 0 unspecified atom stereocenters. The first-order valence-corrected chi connectivity index (χ1v) is 12.9. The lowest BCUT2D eigenvalue weighted by Crippen LogP contribution is -2.31. The lowest BCUT2D eigenvalue weighted by atomic mass is 9.75. The number of benzene rings is 1. The molecular weight excluding hydrogens is 470 g/mol. The Balaban J connectivity index is 1.42. The van der Waals surface area contributed by atoms with Crippen molar-refractivity contribution >= 4 is 44.7 Å². The molecule has 9 heteroatoms. The zero-order valence-electron chi connectivity index (χ0n) is 20.9. The zero-order valence-corrected chi connectivity index (χ0v) is 21.7. The summed E-state index contributed by atoms with van der Waals surface area (Å²) in [5.41, 5.74) is 20.6. The van der Waals surface area contributed by atoms with E-state index in [9.17, 15) is 0 Å². The number of hydrogen-bond acceptors (Lipinski definition) is 9. The van der Waals surface area contributed by atoms with E-state index in [-0.39, 0.29) is 5.41 Å². The summed E-state index contributed by atoms with van der Waals surface area (Å²) in [6.45, 7) is 10.7. The number of rotatable bonds is 2. The molecule has 3 aromatic heterocycles. The van der Waals surface area contributed by atoms with Gasteiger partial charge >= 0.3 is 0 Å². The second-order valence-electron chi connectivity index (χ2n) is 10.3. The number of nitrogen functional groups attached to an aromatic ring is 2. The minimum absolute atomic E-state index is 0.0377. The van der Waals surface area contributed by atoms with Crippen molar-refractivity contribution in [2.75, 3.05) is 29.5 Å². The summed E-state index contributed by atoms with van der Waals surface area (Å²) in [5, 5.41) is 0.525. The van der Waals surface area contributed by atoms with Crippen LogP contribution in [0.5, 0.6) is 5.75 Å². The first kappa shape index (κ1) is 22.7. The lowest BCUT2D eigenvalue weighted by molar-refractivity contribution is 0.329. The number of ether oxygens (including phenoxy) is 1. The molecule has 1 aliphatic heterocycles. The fourth-order valence-electron chi connectivity index (χ4n) is 5.10. The van der Waals surface area contributed by atoms with Crippen LogP contribution < -0.4 is 21.1 Å². The highest BCUT2D eigenvalue weighted by Gasteiger charge is 2.31. The lowest BCUT2D eigenvalue weighted by Gasteiger charge is -2.34. The molecule has 0 radical (unpaired) electrons. The molecule has 0 atom stereocenters. The van der Waals surface area contributed by atoms with Crippen LogP contribution in [0.3, 0.4) is 0 Å². The van der Waals surface area contributed by atoms with Crippen LogP contribution in [0.4, 0.5) is 16.9 Å². The van der Waals surface area contributed by atoms with Gasteiger partial charge in [-0.25, -0.2) is 15.0 Å². The van der Waals surface area contributed by atoms with E-state index in [4.69, 9.17) is 21.2 Å². The summed E-state index contributed by atoms with van der Waals surface area (Å²) in [6, 6.07) is 6.38. The topological polar surface area (TPSA) is 116 Å². The Morgan fingerprint density at radius 3 is 2.72 bits per heavy atom. The maximum atomic E-state index is 6.26. The largest absolute Gasteiger partial charge is 0.491 e. The summed E-state index contributed by atoms with van der Waals surface area (Å²) in [7, 11) is 0. The van der Waals surface area contributed by atoms with E-state index < -0.39 is 0 Å². The van der Waals surface area contributed by atoms with Gasteiger partial charge in [-0.2, -0.15) is 4.98 Å². The summed E-state index contributed by atoms with van der Waals surface area (Å²) in [5.74, 6) is 2.12. The van der Waals surface area contributed by atoms with Crippen LogP contribution in [0.1, 0.15) is 43.2 Å². The van der Waals surface area contributed by atoms with Crippen molar-refractivity contribution in [3.8, 4) is 16.9 Å². The molecule has 1 aliphatic carbocycles. The highest BCUT2D eigenvalue weighted by atomic mass is 32.1. The number of nitrogens with two attached hydrogens (primary N) is 2. The molecule has 4 N–H and O–H groups in total. The number of hydrogen-bond donors (Lipinski definition) is 2. The molecule has 4 aromatic rings. The number of fused-ring (bicyclic) bond motifs is 3. The third kappa shape index (κ3) is 3.83. The van der Waals surface area contributed by atoms with Crippen molar-refractivity contribution in [2.45, 2.75) is 40.7 Å². The van der Waals surface area contributed by atoms with Crippen LogP contribution in [0.15, 0.2) is 30.0 Å². The predicted octanol–water partition coefficient (Wildman–Crippen LogP) is 5.01. The second kappa shape index (κ2) is 8.16.